The van der Waals surface area contributed by atoms with E-state index in [0.29, 0.717) is 6.54 Å². The van der Waals surface area contributed by atoms with Crippen molar-refractivity contribution in [2.24, 2.45) is 11.8 Å². The summed E-state index contributed by atoms with van der Waals surface area (Å²) in [6, 6.07) is 19.9. The Morgan fingerprint density at radius 2 is 1.37 bits per heavy atom. The van der Waals surface area contributed by atoms with Gasteiger partial charge in [0.2, 0.25) is 11.8 Å². The van der Waals surface area contributed by atoms with Crippen LogP contribution in [0, 0.1) is 11.8 Å². The predicted octanol–water partition coefficient (Wildman–Crippen LogP) is 8.48. The summed E-state index contributed by atoms with van der Waals surface area (Å²) in [5.74, 6) is 0.935. The summed E-state index contributed by atoms with van der Waals surface area (Å²) in [5, 5.41) is 8.76. The predicted molar refractivity (Wildman–Crippen MR) is 241 cm³/mol. The molecule has 3 aromatic carbocycles. The summed E-state index contributed by atoms with van der Waals surface area (Å²) < 4.78 is 9.62. The molecule has 14 heteroatoms. The van der Waals surface area contributed by atoms with Crippen molar-refractivity contribution in [1.82, 2.24) is 40.8 Å². The van der Waals surface area contributed by atoms with Crippen molar-refractivity contribution in [3.8, 4) is 33.5 Å². The minimum atomic E-state index is -0.741. The van der Waals surface area contributed by atoms with E-state index in [1.807, 2.05) is 38.7 Å². The fourth-order valence-corrected chi connectivity index (χ4v) is 9.73. The van der Waals surface area contributed by atoms with Crippen molar-refractivity contribution in [3.05, 3.63) is 83.6 Å². The number of fused-ring (bicyclic) bond motifs is 4. The van der Waals surface area contributed by atoms with Crippen LogP contribution in [-0.2, 0) is 37.4 Å². The highest BCUT2D eigenvalue weighted by molar-refractivity contribution is 5.88. The number of hydrogen-bond donors (Lipinski definition) is 5. The van der Waals surface area contributed by atoms with Gasteiger partial charge in [-0.15, -0.1) is 0 Å². The molecule has 5 N–H and O–H groups in total. The van der Waals surface area contributed by atoms with Crippen LogP contribution in [0.4, 0.5) is 9.59 Å². The first-order valence-corrected chi connectivity index (χ1v) is 22.5. The van der Waals surface area contributed by atoms with Gasteiger partial charge in [-0.25, -0.2) is 19.6 Å². The lowest BCUT2D eigenvalue weighted by Gasteiger charge is -2.38. The molecule has 63 heavy (non-hydrogen) atoms. The number of rotatable bonds is 11. The maximum absolute atomic E-state index is 13.8. The second-order valence-corrected chi connectivity index (χ2v) is 18.1. The lowest BCUT2D eigenvalue weighted by molar-refractivity contribution is -0.135. The molecule has 1 saturated heterocycles. The fraction of sp³-hybridized carbons (Fsp3) is 0.469. The first kappa shape index (κ1) is 43.5. The van der Waals surface area contributed by atoms with Crippen LogP contribution in [-0.4, -0.2) is 81.7 Å². The second-order valence-electron chi connectivity index (χ2n) is 18.1. The Morgan fingerprint density at radius 1 is 0.730 bits per heavy atom. The molecule has 3 aliphatic rings. The zero-order chi connectivity index (χ0) is 44.4. The smallest absolute Gasteiger partial charge is 0.407 e. The highest BCUT2D eigenvalue weighted by Crippen LogP contribution is 2.40. The third-order valence-corrected chi connectivity index (χ3v) is 13.2. The second kappa shape index (κ2) is 18.3. The Hall–Kier alpha value is -6.18. The van der Waals surface area contributed by atoms with E-state index in [1.165, 1.54) is 19.8 Å². The number of carbonyl (C=O) groups excluding carboxylic acids is 4. The van der Waals surface area contributed by atoms with Crippen molar-refractivity contribution in [2.45, 2.75) is 116 Å². The van der Waals surface area contributed by atoms with Crippen LogP contribution >= 0.6 is 0 Å². The SMILES string of the molecule is COC(=O)N[C@H](C(=O)NC1(c2nc3ccc(-c4ccc(-c5ccc6c(c5)CCCc5[nH]c([C@@H]7CCCN7C(=O)[C@@H](NC(=O)OC)C(C)C)nc5-6)cc4)cc3[nH]2)CCCCC1)C(C)C. The lowest BCUT2D eigenvalue weighted by Crippen LogP contribution is -2.56. The molecule has 2 aromatic heterocycles. The van der Waals surface area contributed by atoms with Gasteiger partial charge in [0.25, 0.3) is 0 Å². The van der Waals surface area contributed by atoms with Crippen LogP contribution < -0.4 is 16.0 Å². The number of hydrogen-bond acceptors (Lipinski definition) is 8. The van der Waals surface area contributed by atoms with Crippen molar-refractivity contribution < 1.29 is 28.7 Å². The molecule has 4 amide bonds. The van der Waals surface area contributed by atoms with Crippen LogP contribution in [0.1, 0.15) is 108 Å². The van der Waals surface area contributed by atoms with Gasteiger partial charge in [-0.3, -0.25) is 9.59 Å². The van der Waals surface area contributed by atoms with E-state index in [1.54, 1.807) is 0 Å². The van der Waals surface area contributed by atoms with Crippen LogP contribution in [0.3, 0.4) is 0 Å². The number of methoxy groups -OCH3 is 2. The number of carbonyl (C=O) groups is 4. The Bertz CT molecular complexity index is 2480. The monoisotopic (exact) mass is 856 g/mol. The molecule has 2 fully saturated rings. The molecule has 3 atom stereocenters. The zero-order valence-corrected chi connectivity index (χ0v) is 37.2. The number of H-pyrrole nitrogens is 2. The topological polar surface area (TPSA) is 183 Å². The van der Waals surface area contributed by atoms with Gasteiger partial charge in [0.1, 0.15) is 23.7 Å². The molecule has 0 spiro atoms. The molecule has 332 valence electrons. The normalized spacial score (nSPS) is 18.0. The number of aromatic nitrogens is 4. The number of alkyl carbamates (subject to hydrolysis) is 2. The van der Waals surface area contributed by atoms with Gasteiger partial charge in [-0.1, -0.05) is 95.5 Å². The van der Waals surface area contributed by atoms with E-state index < -0.39 is 29.8 Å². The molecule has 5 aromatic rings. The molecule has 2 aliphatic carbocycles. The van der Waals surface area contributed by atoms with Crippen molar-refractivity contribution in [1.29, 1.82) is 0 Å². The van der Waals surface area contributed by atoms with Gasteiger partial charge in [0, 0.05) is 17.8 Å². The van der Waals surface area contributed by atoms with Gasteiger partial charge in [-0.2, -0.15) is 0 Å². The van der Waals surface area contributed by atoms with Crippen LogP contribution in [0.5, 0.6) is 0 Å². The third kappa shape index (κ3) is 8.90. The molecule has 8 rings (SSSR count). The molecule has 0 radical (unpaired) electrons. The number of nitrogens with zero attached hydrogens (tertiary/aromatic N) is 3. The van der Waals surface area contributed by atoms with Gasteiger partial charge in [0.05, 0.1) is 42.5 Å². The summed E-state index contributed by atoms with van der Waals surface area (Å²) >= 11 is 0. The summed E-state index contributed by atoms with van der Waals surface area (Å²) in [5.41, 5.74) is 9.87. The average molecular weight is 857 g/mol. The molecule has 1 aliphatic heterocycles. The summed E-state index contributed by atoms with van der Waals surface area (Å²) in [6.45, 7) is 8.26. The summed E-state index contributed by atoms with van der Waals surface area (Å²) in [6.07, 6.45) is 7.71. The van der Waals surface area contributed by atoms with Crippen LogP contribution in [0.25, 0.3) is 44.5 Å². The zero-order valence-electron chi connectivity index (χ0n) is 37.2. The Labute approximate surface area is 368 Å². The molecule has 3 heterocycles. The molecular formula is C49H60N8O6. The number of amides is 4. The Kier molecular flexibility index (Phi) is 12.6. The van der Waals surface area contributed by atoms with E-state index in [4.69, 9.17) is 19.4 Å². The molecule has 1 saturated carbocycles. The highest BCUT2D eigenvalue weighted by atomic mass is 16.5. The quantitative estimate of drug-likeness (QED) is 0.0876. The maximum Gasteiger partial charge on any atom is 0.407 e. The fourth-order valence-electron chi connectivity index (χ4n) is 9.73. The lowest BCUT2D eigenvalue weighted by atomic mass is 9.80. The largest absolute Gasteiger partial charge is 0.453 e. The first-order valence-electron chi connectivity index (χ1n) is 22.5. The number of imidazole rings is 2. The first-order chi connectivity index (χ1) is 30.4. The van der Waals surface area contributed by atoms with Gasteiger partial charge in [0.15, 0.2) is 0 Å². The van der Waals surface area contributed by atoms with E-state index in [2.05, 4.69) is 80.5 Å². The maximum atomic E-state index is 13.8. The number of benzene rings is 3. The van der Waals surface area contributed by atoms with Gasteiger partial charge >= 0.3 is 12.2 Å². The molecule has 14 nitrogen and oxygen atoms in total. The summed E-state index contributed by atoms with van der Waals surface area (Å²) in [7, 11) is 2.60. The Morgan fingerprint density at radius 3 is 2.03 bits per heavy atom. The average Bonchev–Trinajstić information content (AvgIpc) is 4.04. The number of nitrogens with one attached hydrogen (secondary N) is 5. The van der Waals surface area contributed by atoms with Crippen molar-refractivity contribution in [3.63, 3.8) is 0 Å². The number of aromatic amines is 2. The number of ether oxygens (including phenoxy) is 2. The van der Waals surface area contributed by atoms with E-state index in [9.17, 15) is 19.2 Å². The Balaban J connectivity index is 0.999. The van der Waals surface area contributed by atoms with Gasteiger partial charge in [-0.05, 0) is 96.7 Å². The van der Waals surface area contributed by atoms with Crippen molar-refractivity contribution >= 4 is 35.0 Å². The number of likely N-dealkylation sites (tertiary alicyclic amines) is 1. The molecular weight excluding hydrogens is 797 g/mol. The van der Waals surface area contributed by atoms with E-state index in [-0.39, 0.29) is 29.7 Å². The van der Waals surface area contributed by atoms with E-state index in [0.717, 1.165) is 126 Å². The third-order valence-electron chi connectivity index (χ3n) is 13.2. The standard InChI is InChI=1S/C49H60N8O6/c1-28(2)40(54-47(60)62-5)44(58)56-49(23-8-7-9-24-49)46-51-36-22-20-33(27-38(36)52-46)31-17-15-30(16-18-31)32-19-21-35-34(26-32)12-10-13-37-42(35)53-43(50-37)39-14-11-25-57(39)45(59)41(29(3)4)55-48(61)63-6/h15-22,26-29,39-41H,7-14,23-25H2,1-6H3,(H,50,53)(H,51,52)(H,54,60)(H,55,61)(H,56,58)/t39-,40-,41-/m0/s1. The summed E-state index contributed by atoms with van der Waals surface area (Å²) in [4.78, 5) is 70.9. The van der Waals surface area contributed by atoms with Gasteiger partial charge < -0.3 is 40.3 Å². The van der Waals surface area contributed by atoms with Crippen LogP contribution in [0.15, 0.2) is 60.7 Å². The molecule has 0 unspecified atom stereocenters. The minimum Gasteiger partial charge on any atom is -0.453 e. The number of aryl methyl sites for hydroxylation is 2. The molecule has 0 bridgehead atoms. The minimum absolute atomic E-state index is 0.101. The van der Waals surface area contributed by atoms with Crippen LogP contribution in [0.2, 0.25) is 0 Å². The highest BCUT2D eigenvalue weighted by Gasteiger charge is 2.41. The van der Waals surface area contributed by atoms with E-state index >= 15 is 0 Å². The van der Waals surface area contributed by atoms with Crippen molar-refractivity contribution in [2.75, 3.05) is 20.8 Å².